The van der Waals surface area contributed by atoms with Gasteiger partial charge in [0.2, 0.25) is 12.7 Å². The van der Waals surface area contributed by atoms with Crippen molar-refractivity contribution in [2.75, 3.05) is 6.79 Å². The second kappa shape index (κ2) is 10.2. The Bertz CT molecular complexity index is 1210. The highest BCUT2D eigenvalue weighted by atomic mass is 19.1. The van der Waals surface area contributed by atoms with Gasteiger partial charge in [-0.1, -0.05) is 42.5 Å². The molecule has 1 aliphatic heterocycles. The molecule has 0 saturated heterocycles. The van der Waals surface area contributed by atoms with E-state index in [0.29, 0.717) is 19.8 Å². The first-order valence-corrected chi connectivity index (χ1v) is 10.7. The third kappa shape index (κ3) is 5.51. The number of H-pyrrole nitrogens is 1. The molecular weight excluding hydrogens is 421 g/mol. The Hall–Kier alpha value is -3.84. The molecule has 5 rings (SSSR count). The van der Waals surface area contributed by atoms with Gasteiger partial charge >= 0.3 is 0 Å². The van der Waals surface area contributed by atoms with Gasteiger partial charge < -0.3 is 25.5 Å². The fourth-order valence-electron chi connectivity index (χ4n) is 3.68. The lowest BCUT2D eigenvalue weighted by Gasteiger charge is -2.13. The summed E-state index contributed by atoms with van der Waals surface area (Å²) in [5.41, 5.74) is 10.0. The predicted octanol–water partition coefficient (Wildman–Crippen LogP) is 4.22. The summed E-state index contributed by atoms with van der Waals surface area (Å²) in [6, 6.07) is 21.0. The lowest BCUT2D eigenvalue weighted by molar-refractivity contribution is -0.122. The lowest BCUT2D eigenvalue weighted by Crippen LogP contribution is -2.41. The molecule has 0 saturated carbocycles. The number of nitrogens with two attached hydrogens (primary N) is 1. The number of hydrogen-bond donors (Lipinski definition) is 3. The number of fused-ring (bicyclic) bond motifs is 2. The summed E-state index contributed by atoms with van der Waals surface area (Å²) in [4.78, 5) is 15.5. The molecule has 2 heterocycles. The van der Waals surface area contributed by atoms with Crippen LogP contribution in [0.3, 0.4) is 0 Å². The zero-order valence-corrected chi connectivity index (χ0v) is 18.3. The Kier molecular flexibility index (Phi) is 6.90. The van der Waals surface area contributed by atoms with Gasteiger partial charge in [-0.25, -0.2) is 4.39 Å². The van der Waals surface area contributed by atoms with E-state index in [1.165, 1.54) is 12.1 Å². The normalized spacial score (nSPS) is 12.7. The Morgan fingerprint density at radius 2 is 1.67 bits per heavy atom. The second-order valence-electron chi connectivity index (χ2n) is 7.78. The van der Waals surface area contributed by atoms with Crippen LogP contribution >= 0.6 is 0 Å². The molecule has 0 spiro atoms. The fourth-order valence-corrected chi connectivity index (χ4v) is 3.68. The molecule has 0 unspecified atom stereocenters. The molecule has 7 heteroatoms. The number of para-hydroxylation sites is 3. The van der Waals surface area contributed by atoms with E-state index in [4.69, 9.17) is 15.2 Å². The molecule has 0 aliphatic carbocycles. The van der Waals surface area contributed by atoms with Crippen LogP contribution in [0.25, 0.3) is 10.9 Å². The number of amides is 1. The number of hydrogen-bond acceptors (Lipinski definition) is 4. The predicted molar refractivity (Wildman–Crippen MR) is 126 cm³/mol. The molecule has 170 valence electrons. The molecule has 1 aromatic heterocycles. The van der Waals surface area contributed by atoms with Gasteiger partial charge in [0.05, 0.1) is 6.04 Å². The molecule has 6 nitrogen and oxygen atoms in total. The average Bonchev–Trinajstić information content (AvgIpc) is 3.43. The van der Waals surface area contributed by atoms with Gasteiger partial charge in [-0.3, -0.25) is 4.79 Å². The Morgan fingerprint density at radius 3 is 2.36 bits per heavy atom. The first-order chi connectivity index (χ1) is 16.0. The van der Waals surface area contributed by atoms with Crippen molar-refractivity contribution >= 4 is 16.8 Å². The highest BCUT2D eigenvalue weighted by Crippen LogP contribution is 2.30. The standard InChI is InChI=1S/C19H20FN3O.C7H6O2/c1-12-16(15-4-2-3-5-18(15)23-12)10-17(21)19(24)22-11-13-6-8-14(20)9-7-13;1-2-4-7-6(3-1)8-5-9-7/h2-9,17,23H,10-11,21H2,1H3,(H,22,24);1-4H,5H2/t17-;/m0./s1. The summed E-state index contributed by atoms with van der Waals surface area (Å²) >= 11 is 0. The first kappa shape index (κ1) is 22.4. The van der Waals surface area contributed by atoms with E-state index in [1.54, 1.807) is 12.1 Å². The van der Waals surface area contributed by atoms with E-state index >= 15 is 0 Å². The van der Waals surface area contributed by atoms with E-state index in [0.717, 1.165) is 39.2 Å². The molecule has 4 aromatic rings. The van der Waals surface area contributed by atoms with Gasteiger partial charge in [0, 0.05) is 23.1 Å². The topological polar surface area (TPSA) is 89.4 Å². The van der Waals surface area contributed by atoms with Gasteiger partial charge in [-0.05, 0) is 54.8 Å². The van der Waals surface area contributed by atoms with E-state index in [-0.39, 0.29) is 11.7 Å². The number of carbonyl (C=O) groups excluding carboxylic acids is 1. The van der Waals surface area contributed by atoms with Crippen LogP contribution in [-0.2, 0) is 17.8 Å². The molecular formula is C26H26FN3O3. The van der Waals surface area contributed by atoms with Gasteiger partial charge in [0.25, 0.3) is 0 Å². The van der Waals surface area contributed by atoms with E-state index in [2.05, 4.69) is 10.3 Å². The van der Waals surface area contributed by atoms with Crippen LogP contribution in [0.4, 0.5) is 4.39 Å². The minimum atomic E-state index is -0.636. The quantitative estimate of drug-likeness (QED) is 0.427. The Labute approximate surface area is 191 Å². The van der Waals surface area contributed by atoms with E-state index in [1.807, 2.05) is 55.5 Å². The number of carbonyl (C=O) groups is 1. The third-order valence-corrected chi connectivity index (χ3v) is 5.45. The first-order valence-electron chi connectivity index (χ1n) is 10.7. The summed E-state index contributed by atoms with van der Waals surface area (Å²) in [5.74, 6) is 1.18. The number of aromatic nitrogens is 1. The summed E-state index contributed by atoms with van der Waals surface area (Å²) in [6.07, 6.45) is 0.463. The minimum absolute atomic E-state index is 0.219. The molecule has 1 aliphatic rings. The summed E-state index contributed by atoms with van der Waals surface area (Å²) in [6.45, 7) is 2.68. The molecule has 0 radical (unpaired) electrons. The van der Waals surface area contributed by atoms with Crippen LogP contribution in [-0.4, -0.2) is 23.7 Å². The number of ether oxygens (including phenoxy) is 2. The maximum Gasteiger partial charge on any atom is 0.237 e. The highest BCUT2D eigenvalue weighted by Gasteiger charge is 2.18. The zero-order valence-electron chi connectivity index (χ0n) is 18.3. The maximum absolute atomic E-state index is 12.9. The summed E-state index contributed by atoms with van der Waals surface area (Å²) in [5, 5.41) is 3.90. The van der Waals surface area contributed by atoms with Crippen molar-refractivity contribution in [1.82, 2.24) is 10.3 Å². The molecule has 1 atom stereocenters. The number of rotatable bonds is 5. The summed E-state index contributed by atoms with van der Waals surface area (Å²) in [7, 11) is 0. The number of aromatic amines is 1. The number of nitrogens with one attached hydrogen (secondary N) is 2. The monoisotopic (exact) mass is 447 g/mol. The van der Waals surface area contributed by atoms with E-state index in [9.17, 15) is 9.18 Å². The van der Waals surface area contributed by atoms with Crippen molar-refractivity contribution in [3.63, 3.8) is 0 Å². The molecule has 4 N–H and O–H groups in total. The number of aryl methyl sites for hydroxylation is 1. The van der Waals surface area contributed by atoms with Crippen molar-refractivity contribution in [3.8, 4) is 11.5 Å². The molecule has 33 heavy (non-hydrogen) atoms. The SMILES string of the molecule is Cc1[nH]c2ccccc2c1C[C@H](N)C(=O)NCc1ccc(F)cc1.c1ccc2c(c1)OCO2. The van der Waals surface area contributed by atoms with Crippen molar-refractivity contribution in [3.05, 3.63) is 95.4 Å². The van der Waals surface area contributed by atoms with E-state index < -0.39 is 6.04 Å². The van der Waals surface area contributed by atoms with Crippen molar-refractivity contribution < 1.29 is 18.7 Å². The smallest absolute Gasteiger partial charge is 0.237 e. The lowest BCUT2D eigenvalue weighted by atomic mass is 10.0. The van der Waals surface area contributed by atoms with Crippen LogP contribution in [0.2, 0.25) is 0 Å². The number of benzene rings is 3. The van der Waals surface area contributed by atoms with Crippen LogP contribution in [0.15, 0.2) is 72.8 Å². The van der Waals surface area contributed by atoms with Crippen molar-refractivity contribution in [2.45, 2.75) is 25.9 Å². The third-order valence-electron chi connectivity index (χ3n) is 5.45. The van der Waals surface area contributed by atoms with Crippen molar-refractivity contribution in [1.29, 1.82) is 0 Å². The fraction of sp³-hybridized carbons (Fsp3) is 0.192. The molecule has 0 bridgehead atoms. The maximum atomic E-state index is 12.9. The Balaban J connectivity index is 0.000000238. The second-order valence-corrected chi connectivity index (χ2v) is 7.78. The van der Waals surface area contributed by atoms with Gasteiger partial charge in [0.15, 0.2) is 11.5 Å². The van der Waals surface area contributed by atoms with Gasteiger partial charge in [0.1, 0.15) is 5.82 Å². The van der Waals surface area contributed by atoms with Crippen LogP contribution in [0, 0.1) is 12.7 Å². The summed E-state index contributed by atoms with van der Waals surface area (Å²) < 4.78 is 23.0. The number of halogens is 1. The molecule has 3 aromatic carbocycles. The van der Waals surface area contributed by atoms with Gasteiger partial charge in [-0.15, -0.1) is 0 Å². The molecule has 0 fully saturated rings. The largest absolute Gasteiger partial charge is 0.454 e. The zero-order chi connectivity index (χ0) is 23.2. The van der Waals surface area contributed by atoms with Gasteiger partial charge in [-0.2, -0.15) is 0 Å². The average molecular weight is 448 g/mol. The van der Waals surface area contributed by atoms with Crippen LogP contribution in [0.1, 0.15) is 16.8 Å². The Morgan fingerprint density at radius 1 is 1.03 bits per heavy atom. The molecule has 1 amide bonds. The van der Waals surface area contributed by atoms with Crippen molar-refractivity contribution in [2.24, 2.45) is 5.73 Å². The van der Waals surface area contributed by atoms with Crippen LogP contribution < -0.4 is 20.5 Å². The minimum Gasteiger partial charge on any atom is -0.454 e. The highest BCUT2D eigenvalue weighted by molar-refractivity contribution is 5.87. The van der Waals surface area contributed by atoms with Crippen LogP contribution in [0.5, 0.6) is 11.5 Å².